The normalized spacial score (nSPS) is 10.1. The van der Waals surface area contributed by atoms with Crippen molar-refractivity contribution in [2.75, 3.05) is 0 Å². The van der Waals surface area contributed by atoms with Crippen molar-refractivity contribution in [3.63, 3.8) is 0 Å². The number of ether oxygens (including phenoxy) is 1. The molecule has 1 amide bonds. The van der Waals surface area contributed by atoms with E-state index < -0.39 is 21.6 Å². The Labute approximate surface area is 128 Å². The molecule has 0 radical (unpaired) electrons. The highest BCUT2D eigenvalue weighted by atomic mass is 16.6. The van der Waals surface area contributed by atoms with Gasteiger partial charge in [-0.3, -0.25) is 14.9 Å². The van der Waals surface area contributed by atoms with Gasteiger partial charge in [-0.1, -0.05) is 0 Å². The van der Waals surface area contributed by atoms with E-state index >= 15 is 0 Å². The lowest BCUT2D eigenvalue weighted by atomic mass is 10.1. The van der Waals surface area contributed by atoms with E-state index in [0.29, 0.717) is 0 Å². The Balaban J connectivity index is 2.29. The molecule has 0 aliphatic carbocycles. The first-order chi connectivity index (χ1) is 10.9. The van der Waals surface area contributed by atoms with Gasteiger partial charge in [-0.05, 0) is 34.2 Å². The fourth-order valence-corrected chi connectivity index (χ4v) is 1.80. The second kappa shape index (κ2) is 6.47. The minimum atomic E-state index is -0.802. The van der Waals surface area contributed by atoms with Crippen LogP contribution in [0.15, 0.2) is 36.5 Å². The molecule has 10 heteroatoms. The number of nitrogens with two attached hydrogens (primary N) is 1. The van der Waals surface area contributed by atoms with Crippen LogP contribution in [0.3, 0.4) is 0 Å². The van der Waals surface area contributed by atoms with E-state index in [2.05, 4.69) is 4.98 Å². The predicted octanol–water partition coefficient (Wildman–Crippen LogP) is 1.58. The Kier molecular flexibility index (Phi) is 4.45. The molecule has 118 valence electrons. The van der Waals surface area contributed by atoms with Crippen molar-refractivity contribution in [1.82, 2.24) is 4.98 Å². The number of pyridine rings is 1. The van der Waals surface area contributed by atoms with Crippen LogP contribution in [0.25, 0.3) is 0 Å². The molecule has 0 spiro atoms. The van der Waals surface area contributed by atoms with Crippen molar-refractivity contribution < 1.29 is 19.4 Å². The monoisotopic (exact) mass is 318 g/mol. The summed E-state index contributed by atoms with van der Waals surface area (Å²) in [6, 6.07) is 6.41. The fraction of sp³-hybridized carbons (Fsp3) is 0.0769. The number of benzene rings is 1. The van der Waals surface area contributed by atoms with E-state index in [9.17, 15) is 25.0 Å². The van der Waals surface area contributed by atoms with Gasteiger partial charge in [0.1, 0.15) is 12.8 Å². The van der Waals surface area contributed by atoms with Crippen LogP contribution in [-0.4, -0.2) is 20.7 Å². The highest BCUT2D eigenvalue weighted by molar-refractivity contribution is 5.93. The summed E-state index contributed by atoms with van der Waals surface area (Å²) in [5.74, 6) is -1.42. The summed E-state index contributed by atoms with van der Waals surface area (Å²) >= 11 is 0. The summed E-state index contributed by atoms with van der Waals surface area (Å²) in [6.45, 7) is -0.304. The van der Waals surface area contributed by atoms with Gasteiger partial charge in [-0.15, -0.1) is 0 Å². The lowest BCUT2D eigenvalue weighted by Gasteiger charge is -2.07. The Morgan fingerprint density at radius 1 is 1.22 bits per heavy atom. The average Bonchev–Trinajstić information content (AvgIpc) is 2.52. The van der Waals surface area contributed by atoms with Crippen molar-refractivity contribution in [2.45, 2.75) is 6.61 Å². The molecular weight excluding hydrogens is 308 g/mol. The molecule has 0 bridgehead atoms. The first-order valence-electron chi connectivity index (χ1n) is 6.19. The van der Waals surface area contributed by atoms with Crippen LogP contribution >= 0.6 is 0 Å². The van der Waals surface area contributed by atoms with Gasteiger partial charge in [0, 0.05) is 11.6 Å². The number of rotatable bonds is 6. The molecule has 2 rings (SSSR count). The number of nitro benzene ring substituents is 1. The van der Waals surface area contributed by atoms with E-state index in [1.54, 1.807) is 0 Å². The zero-order valence-corrected chi connectivity index (χ0v) is 11.5. The first kappa shape index (κ1) is 15.8. The fourth-order valence-electron chi connectivity index (χ4n) is 1.80. The van der Waals surface area contributed by atoms with Crippen molar-refractivity contribution in [1.29, 1.82) is 0 Å². The third-order valence-corrected chi connectivity index (χ3v) is 2.87. The molecular formula is C13H10N4O6. The molecule has 1 aromatic carbocycles. The van der Waals surface area contributed by atoms with Gasteiger partial charge in [-0.2, -0.15) is 0 Å². The molecule has 0 aliphatic heterocycles. The average molecular weight is 318 g/mol. The molecule has 0 saturated carbocycles. The third kappa shape index (κ3) is 3.56. The Bertz CT molecular complexity index is 792. The second-order valence-electron chi connectivity index (χ2n) is 4.34. The molecule has 0 aliphatic rings. The SMILES string of the molecule is NC(=O)c1ccc(COc2cccnc2[N+](=O)[O-])c([N+](=O)[O-])c1. The largest absolute Gasteiger partial charge is 0.481 e. The quantitative estimate of drug-likeness (QED) is 0.626. The van der Waals surface area contributed by atoms with Crippen LogP contribution in [0.4, 0.5) is 11.5 Å². The topological polar surface area (TPSA) is 151 Å². The lowest BCUT2D eigenvalue weighted by molar-refractivity contribution is -0.390. The number of nitro groups is 2. The first-order valence-corrected chi connectivity index (χ1v) is 6.19. The second-order valence-corrected chi connectivity index (χ2v) is 4.34. The highest BCUT2D eigenvalue weighted by Gasteiger charge is 2.20. The summed E-state index contributed by atoms with van der Waals surface area (Å²) < 4.78 is 5.25. The number of primary amides is 1. The molecule has 1 aromatic heterocycles. The van der Waals surface area contributed by atoms with Crippen molar-refractivity contribution >= 4 is 17.4 Å². The summed E-state index contributed by atoms with van der Waals surface area (Å²) in [4.78, 5) is 35.1. The molecule has 23 heavy (non-hydrogen) atoms. The van der Waals surface area contributed by atoms with Gasteiger partial charge in [0.2, 0.25) is 11.7 Å². The van der Waals surface area contributed by atoms with Gasteiger partial charge >= 0.3 is 5.82 Å². The molecule has 10 nitrogen and oxygen atoms in total. The van der Waals surface area contributed by atoms with Gasteiger partial charge in [0.25, 0.3) is 5.69 Å². The number of hydrogen-bond acceptors (Lipinski definition) is 7. The summed E-state index contributed by atoms with van der Waals surface area (Å²) in [5.41, 5.74) is 4.82. The Hall–Kier alpha value is -3.56. The van der Waals surface area contributed by atoms with Crippen LogP contribution in [0.1, 0.15) is 15.9 Å². The summed E-state index contributed by atoms with van der Waals surface area (Å²) in [7, 11) is 0. The number of nitrogens with zero attached hydrogens (tertiary/aromatic N) is 3. The maximum Gasteiger partial charge on any atom is 0.406 e. The van der Waals surface area contributed by atoms with Gasteiger partial charge in [0.15, 0.2) is 0 Å². The highest BCUT2D eigenvalue weighted by Crippen LogP contribution is 2.26. The van der Waals surface area contributed by atoms with Gasteiger partial charge in [-0.25, -0.2) is 0 Å². The Morgan fingerprint density at radius 3 is 2.57 bits per heavy atom. The number of amides is 1. The summed E-state index contributed by atoms with van der Waals surface area (Å²) in [5, 5.41) is 21.9. The van der Waals surface area contributed by atoms with Gasteiger partial charge < -0.3 is 20.6 Å². The van der Waals surface area contributed by atoms with Gasteiger partial charge in [0.05, 0.1) is 10.5 Å². The standard InChI is InChI=1S/C13H10N4O6/c14-12(18)8-3-4-9(10(6-8)16(19)20)7-23-11-2-1-5-15-13(11)17(21)22/h1-6H,7H2,(H2,14,18). The van der Waals surface area contributed by atoms with Crippen molar-refractivity contribution in [2.24, 2.45) is 5.73 Å². The molecule has 0 fully saturated rings. The molecule has 1 heterocycles. The maximum absolute atomic E-state index is 11.1. The van der Waals surface area contributed by atoms with Crippen LogP contribution in [0.5, 0.6) is 5.75 Å². The molecule has 0 unspecified atom stereocenters. The van der Waals surface area contributed by atoms with E-state index in [4.69, 9.17) is 10.5 Å². The van der Waals surface area contributed by atoms with E-state index in [0.717, 1.165) is 6.07 Å². The van der Waals surface area contributed by atoms with E-state index in [1.165, 1.54) is 30.5 Å². The maximum atomic E-state index is 11.1. The molecule has 0 atom stereocenters. The molecule has 0 saturated heterocycles. The van der Waals surface area contributed by atoms with E-state index in [-0.39, 0.29) is 29.2 Å². The minimum absolute atomic E-state index is 0.0205. The van der Waals surface area contributed by atoms with Crippen LogP contribution < -0.4 is 10.5 Å². The zero-order chi connectivity index (χ0) is 17.0. The smallest absolute Gasteiger partial charge is 0.406 e. The molecule has 2 aromatic rings. The summed E-state index contributed by atoms with van der Waals surface area (Å²) in [6.07, 6.45) is 1.23. The predicted molar refractivity (Wildman–Crippen MR) is 76.8 cm³/mol. The zero-order valence-electron chi connectivity index (χ0n) is 11.5. The molecule has 2 N–H and O–H groups in total. The van der Waals surface area contributed by atoms with Crippen molar-refractivity contribution in [3.05, 3.63) is 67.9 Å². The number of carbonyl (C=O) groups excluding carboxylic acids is 1. The van der Waals surface area contributed by atoms with Crippen LogP contribution in [0.2, 0.25) is 0 Å². The lowest BCUT2D eigenvalue weighted by Crippen LogP contribution is -2.12. The van der Waals surface area contributed by atoms with E-state index in [1.807, 2.05) is 0 Å². The van der Waals surface area contributed by atoms with Crippen LogP contribution in [-0.2, 0) is 6.61 Å². The van der Waals surface area contributed by atoms with Crippen LogP contribution in [0, 0.1) is 20.2 Å². The number of hydrogen-bond donors (Lipinski definition) is 1. The van der Waals surface area contributed by atoms with Crippen molar-refractivity contribution in [3.8, 4) is 5.75 Å². The Morgan fingerprint density at radius 2 is 1.96 bits per heavy atom. The number of carbonyl (C=O) groups is 1. The third-order valence-electron chi connectivity index (χ3n) is 2.87. The minimum Gasteiger partial charge on any atom is -0.481 e. The number of aromatic nitrogens is 1.